The number of nitrogen functional groups attached to an aromatic ring is 1. The van der Waals surface area contributed by atoms with Gasteiger partial charge >= 0.3 is 11.7 Å². The summed E-state index contributed by atoms with van der Waals surface area (Å²) < 4.78 is 26.0. The molecule has 0 saturated carbocycles. The summed E-state index contributed by atoms with van der Waals surface area (Å²) in [6, 6.07) is 1.24. The predicted octanol–water partition coefficient (Wildman–Crippen LogP) is 0.259. The summed E-state index contributed by atoms with van der Waals surface area (Å²) in [6.07, 6.45) is -4.36. The van der Waals surface area contributed by atoms with E-state index in [9.17, 15) is 19.1 Å². The van der Waals surface area contributed by atoms with Gasteiger partial charge in [-0.2, -0.15) is 4.98 Å². The van der Waals surface area contributed by atoms with Gasteiger partial charge in [-0.1, -0.05) is 19.0 Å². The van der Waals surface area contributed by atoms with Crippen LogP contribution in [0.3, 0.4) is 0 Å². The lowest BCUT2D eigenvalue weighted by molar-refractivity contribution is -0.171. The number of nitrogens with two attached hydrogens (primary N) is 1. The number of carbonyl (C=O) groups excluding carboxylic acids is 1. The molecular weight excluding hydrogens is 339 g/mol. The molecule has 0 radical (unpaired) electrons. The second-order valence-corrected chi connectivity index (χ2v) is 5.70. The Morgan fingerprint density at radius 2 is 2.40 bits per heavy atom. The summed E-state index contributed by atoms with van der Waals surface area (Å²) in [5.41, 5.74) is 11.0. The van der Waals surface area contributed by atoms with Crippen molar-refractivity contribution in [1.29, 1.82) is 0 Å². The molecule has 2 heterocycles. The maximum absolute atomic E-state index is 14.9. The number of rotatable bonds is 5. The van der Waals surface area contributed by atoms with Crippen molar-refractivity contribution in [2.24, 2.45) is 11.0 Å². The minimum absolute atomic E-state index is 0.0825. The number of hydrogen-bond acceptors (Lipinski definition) is 8. The van der Waals surface area contributed by atoms with E-state index in [0.717, 1.165) is 10.8 Å². The summed E-state index contributed by atoms with van der Waals surface area (Å²) in [4.78, 5) is 29.7. The van der Waals surface area contributed by atoms with Gasteiger partial charge in [-0.15, -0.1) is 0 Å². The zero-order chi connectivity index (χ0) is 18.8. The molecule has 0 unspecified atom stereocenters. The van der Waals surface area contributed by atoms with Crippen molar-refractivity contribution >= 4 is 11.8 Å². The first-order valence-electron chi connectivity index (χ1n) is 7.30. The Morgan fingerprint density at radius 1 is 1.72 bits per heavy atom. The smallest absolute Gasteiger partial charge is 0.351 e. The molecule has 3 N–H and O–H groups in total. The Balaban J connectivity index is 2.47. The van der Waals surface area contributed by atoms with E-state index in [1.54, 1.807) is 0 Å². The Kier molecular flexibility index (Phi) is 5.26. The van der Waals surface area contributed by atoms with Gasteiger partial charge in [-0.05, 0) is 11.6 Å². The standard InChI is InChI=1S/C13H17FN6O5/c1-6(2)11(22)24-9-8(14)10(25-13(9,5-21)18-19-16)20-4-3-7(15)17-12(20)23/h3-4,6,8-10,21H,5H2,1-2H3,(H2,15,17,23)/t8-,9+,10-,13-/m1/s1. The molecule has 25 heavy (non-hydrogen) atoms. The Bertz CT molecular complexity index is 764. The van der Waals surface area contributed by atoms with Crippen LogP contribution >= 0.6 is 0 Å². The summed E-state index contributed by atoms with van der Waals surface area (Å²) in [5, 5.41) is 12.9. The molecule has 136 valence electrons. The summed E-state index contributed by atoms with van der Waals surface area (Å²) in [6.45, 7) is 2.07. The van der Waals surface area contributed by atoms with Crippen LogP contribution in [-0.2, 0) is 14.3 Å². The number of carbonyl (C=O) groups is 1. The minimum atomic E-state index is -2.22. The fraction of sp³-hybridized carbons (Fsp3) is 0.615. The SMILES string of the molecule is CC(C)C(=O)O[C@H]1[C@@H](F)[C@H](n2ccc(N)nc2=O)O[C@@]1(CO)N=[N+]=[N-]. The number of aliphatic hydroxyl groups is 1. The van der Waals surface area contributed by atoms with E-state index in [0.29, 0.717) is 0 Å². The number of anilines is 1. The number of alkyl halides is 1. The second-order valence-electron chi connectivity index (χ2n) is 5.70. The third-order valence-corrected chi connectivity index (χ3v) is 3.61. The molecular formula is C13H17FN6O5. The highest BCUT2D eigenvalue weighted by Crippen LogP contribution is 2.41. The summed E-state index contributed by atoms with van der Waals surface area (Å²) in [7, 11) is 0. The van der Waals surface area contributed by atoms with E-state index in [1.165, 1.54) is 19.9 Å². The van der Waals surface area contributed by atoms with E-state index in [1.807, 2.05) is 0 Å². The maximum Gasteiger partial charge on any atom is 0.351 e. The topological polar surface area (TPSA) is 165 Å². The van der Waals surface area contributed by atoms with E-state index >= 15 is 0 Å². The van der Waals surface area contributed by atoms with Crippen LogP contribution in [0.25, 0.3) is 10.4 Å². The van der Waals surface area contributed by atoms with Crippen molar-refractivity contribution in [3.63, 3.8) is 0 Å². The molecule has 4 atom stereocenters. The van der Waals surface area contributed by atoms with Crippen LogP contribution in [-0.4, -0.2) is 45.2 Å². The quantitative estimate of drug-likeness (QED) is 0.330. The fourth-order valence-corrected chi connectivity index (χ4v) is 2.30. The monoisotopic (exact) mass is 356 g/mol. The number of esters is 1. The van der Waals surface area contributed by atoms with Crippen molar-refractivity contribution in [3.8, 4) is 0 Å². The molecule has 11 nitrogen and oxygen atoms in total. The molecule has 0 spiro atoms. The lowest BCUT2D eigenvalue weighted by Gasteiger charge is -2.27. The van der Waals surface area contributed by atoms with Gasteiger partial charge in [0.25, 0.3) is 0 Å². The Morgan fingerprint density at radius 3 is 2.92 bits per heavy atom. The number of ether oxygens (including phenoxy) is 2. The molecule has 12 heteroatoms. The normalized spacial score (nSPS) is 28.6. The number of halogens is 1. The zero-order valence-electron chi connectivity index (χ0n) is 13.4. The third-order valence-electron chi connectivity index (χ3n) is 3.61. The highest BCUT2D eigenvalue weighted by Gasteiger charge is 2.59. The molecule has 1 aliphatic heterocycles. The van der Waals surface area contributed by atoms with Gasteiger partial charge in [0.1, 0.15) is 5.82 Å². The van der Waals surface area contributed by atoms with Crippen LogP contribution in [0.4, 0.5) is 10.2 Å². The van der Waals surface area contributed by atoms with Crippen LogP contribution < -0.4 is 11.4 Å². The van der Waals surface area contributed by atoms with Gasteiger partial charge in [0.05, 0.1) is 12.5 Å². The molecule has 2 rings (SSSR count). The third kappa shape index (κ3) is 3.40. The van der Waals surface area contributed by atoms with Gasteiger partial charge in [-0.3, -0.25) is 9.36 Å². The van der Waals surface area contributed by atoms with E-state index in [-0.39, 0.29) is 5.82 Å². The first-order valence-corrected chi connectivity index (χ1v) is 7.30. The van der Waals surface area contributed by atoms with Gasteiger partial charge in [0.2, 0.25) is 5.72 Å². The zero-order valence-corrected chi connectivity index (χ0v) is 13.4. The molecule has 1 aliphatic rings. The van der Waals surface area contributed by atoms with Crippen molar-refractivity contribution in [2.75, 3.05) is 12.3 Å². The Hall–Kier alpha value is -2.69. The largest absolute Gasteiger partial charge is 0.456 e. The van der Waals surface area contributed by atoms with Gasteiger partial charge in [0.15, 0.2) is 18.5 Å². The molecule has 0 aliphatic carbocycles. The minimum Gasteiger partial charge on any atom is -0.456 e. The van der Waals surface area contributed by atoms with Crippen molar-refractivity contribution in [1.82, 2.24) is 9.55 Å². The van der Waals surface area contributed by atoms with Crippen molar-refractivity contribution in [3.05, 3.63) is 33.2 Å². The Labute approximate surface area is 140 Å². The number of azide groups is 1. The molecule has 0 aromatic carbocycles. The van der Waals surface area contributed by atoms with E-state index < -0.39 is 48.4 Å². The molecule has 1 fully saturated rings. The molecule has 1 aromatic rings. The van der Waals surface area contributed by atoms with Gasteiger partial charge < -0.3 is 20.3 Å². The summed E-state index contributed by atoms with van der Waals surface area (Å²) in [5.74, 6) is -1.47. The maximum atomic E-state index is 14.9. The van der Waals surface area contributed by atoms with Crippen LogP contribution in [0.15, 0.2) is 22.2 Å². The number of aromatic nitrogens is 2. The van der Waals surface area contributed by atoms with Gasteiger partial charge in [0, 0.05) is 11.1 Å². The molecule has 1 aromatic heterocycles. The first-order chi connectivity index (χ1) is 11.8. The van der Waals surface area contributed by atoms with E-state index in [4.69, 9.17) is 20.7 Å². The van der Waals surface area contributed by atoms with Crippen LogP contribution in [0.5, 0.6) is 0 Å². The molecule has 0 amide bonds. The molecule has 0 bridgehead atoms. The first kappa shape index (κ1) is 18.6. The van der Waals surface area contributed by atoms with Crippen LogP contribution in [0.2, 0.25) is 0 Å². The van der Waals surface area contributed by atoms with Crippen molar-refractivity contribution < 1.29 is 23.8 Å². The second kappa shape index (κ2) is 7.05. The number of hydrogen-bond donors (Lipinski definition) is 2. The van der Waals surface area contributed by atoms with Crippen LogP contribution in [0.1, 0.15) is 20.1 Å². The number of nitrogens with zero attached hydrogens (tertiary/aromatic N) is 5. The highest BCUT2D eigenvalue weighted by molar-refractivity contribution is 5.71. The predicted molar refractivity (Wildman–Crippen MR) is 81.6 cm³/mol. The average molecular weight is 356 g/mol. The number of aliphatic hydroxyl groups excluding tert-OH is 1. The lowest BCUT2D eigenvalue weighted by Crippen LogP contribution is -2.46. The average Bonchev–Trinajstić information content (AvgIpc) is 2.81. The van der Waals surface area contributed by atoms with E-state index in [2.05, 4.69) is 15.0 Å². The summed E-state index contributed by atoms with van der Waals surface area (Å²) >= 11 is 0. The van der Waals surface area contributed by atoms with Crippen molar-refractivity contribution in [2.45, 2.75) is 38.1 Å². The van der Waals surface area contributed by atoms with Gasteiger partial charge in [-0.25, -0.2) is 9.18 Å². The highest BCUT2D eigenvalue weighted by atomic mass is 19.1. The molecule has 1 saturated heterocycles. The fourth-order valence-electron chi connectivity index (χ4n) is 2.30. The lowest BCUT2D eigenvalue weighted by atomic mass is 10.1. The van der Waals surface area contributed by atoms with Crippen LogP contribution in [0, 0.1) is 5.92 Å².